The molecule has 0 aromatic rings. The highest BCUT2D eigenvalue weighted by Gasteiger charge is 2.20. The molecule has 0 radical (unpaired) electrons. The Morgan fingerprint density at radius 3 is 2.44 bits per heavy atom. The lowest BCUT2D eigenvalue weighted by molar-refractivity contribution is 0.198. The van der Waals surface area contributed by atoms with E-state index in [1.165, 1.54) is 4.31 Å². The summed E-state index contributed by atoms with van der Waals surface area (Å²) in [5.74, 6) is 0.0879. The normalized spacial score (nSPS) is 12.2. The van der Waals surface area contributed by atoms with Crippen LogP contribution >= 0.6 is 0 Å². The van der Waals surface area contributed by atoms with Crippen molar-refractivity contribution in [2.24, 2.45) is 0 Å². The molecular formula is C10H23NO4S. The highest BCUT2D eigenvalue weighted by atomic mass is 32.2. The Kier molecular flexibility index (Phi) is 8.83. The second-order valence-corrected chi connectivity index (χ2v) is 5.73. The maximum atomic E-state index is 11.9. The van der Waals surface area contributed by atoms with Crippen LogP contribution in [0, 0.1) is 0 Å². The summed E-state index contributed by atoms with van der Waals surface area (Å²) in [6, 6.07) is 0. The molecule has 0 aromatic carbocycles. The Balaban J connectivity index is 4.25. The number of nitrogens with zero attached hydrogens (tertiary/aromatic N) is 1. The molecule has 0 aliphatic rings. The van der Waals surface area contributed by atoms with E-state index in [2.05, 4.69) is 0 Å². The third-order valence-electron chi connectivity index (χ3n) is 2.25. The van der Waals surface area contributed by atoms with Crippen molar-refractivity contribution in [1.29, 1.82) is 0 Å². The summed E-state index contributed by atoms with van der Waals surface area (Å²) in [5.41, 5.74) is 0. The zero-order valence-corrected chi connectivity index (χ0v) is 11.0. The first kappa shape index (κ1) is 15.8. The minimum Gasteiger partial charge on any atom is -0.395 e. The van der Waals surface area contributed by atoms with Crippen LogP contribution in [0.3, 0.4) is 0 Å². The molecule has 6 heteroatoms. The third kappa shape index (κ3) is 6.42. The maximum Gasteiger partial charge on any atom is 0.214 e. The highest BCUT2D eigenvalue weighted by molar-refractivity contribution is 7.89. The van der Waals surface area contributed by atoms with Crippen LogP contribution in [0.25, 0.3) is 0 Å². The molecular weight excluding hydrogens is 230 g/mol. The van der Waals surface area contributed by atoms with Crippen LogP contribution in [-0.2, 0) is 14.8 Å². The molecule has 0 aliphatic carbocycles. The molecule has 0 aliphatic heterocycles. The van der Waals surface area contributed by atoms with Crippen molar-refractivity contribution in [3.05, 3.63) is 0 Å². The van der Waals surface area contributed by atoms with Crippen molar-refractivity contribution in [3.8, 4) is 0 Å². The summed E-state index contributed by atoms with van der Waals surface area (Å²) in [7, 11) is -1.68. The summed E-state index contributed by atoms with van der Waals surface area (Å²) < 4.78 is 29.9. The number of sulfonamides is 1. The van der Waals surface area contributed by atoms with Crippen LogP contribution in [0.4, 0.5) is 0 Å². The lowest BCUT2D eigenvalue weighted by Crippen LogP contribution is -2.36. The van der Waals surface area contributed by atoms with Gasteiger partial charge in [0.15, 0.2) is 0 Å². The molecule has 0 bridgehead atoms. The lowest BCUT2D eigenvalue weighted by atomic mass is 10.3. The van der Waals surface area contributed by atoms with E-state index in [4.69, 9.17) is 9.84 Å². The monoisotopic (exact) mass is 253 g/mol. The minimum atomic E-state index is -3.24. The van der Waals surface area contributed by atoms with E-state index in [1.807, 2.05) is 6.92 Å². The van der Waals surface area contributed by atoms with Crippen LogP contribution in [0.1, 0.15) is 26.2 Å². The average Bonchev–Trinajstić information content (AvgIpc) is 2.24. The second-order valence-electron chi connectivity index (χ2n) is 3.64. The summed E-state index contributed by atoms with van der Waals surface area (Å²) >= 11 is 0. The van der Waals surface area contributed by atoms with Crippen molar-refractivity contribution in [1.82, 2.24) is 4.31 Å². The van der Waals surface area contributed by atoms with Crippen molar-refractivity contribution < 1.29 is 18.3 Å². The molecule has 0 rings (SSSR count). The number of aliphatic hydroxyl groups excluding tert-OH is 1. The number of unbranched alkanes of at least 4 members (excludes halogenated alkanes) is 1. The van der Waals surface area contributed by atoms with Crippen LogP contribution < -0.4 is 0 Å². The van der Waals surface area contributed by atoms with Crippen LogP contribution in [-0.4, -0.2) is 57.0 Å². The van der Waals surface area contributed by atoms with Crippen LogP contribution in [0.15, 0.2) is 0 Å². The fourth-order valence-corrected chi connectivity index (χ4v) is 2.86. The number of rotatable bonds is 10. The molecule has 98 valence electrons. The van der Waals surface area contributed by atoms with Crippen molar-refractivity contribution >= 4 is 10.0 Å². The largest absolute Gasteiger partial charge is 0.395 e. The van der Waals surface area contributed by atoms with E-state index < -0.39 is 10.0 Å². The smallest absolute Gasteiger partial charge is 0.214 e. The first-order chi connectivity index (χ1) is 7.58. The van der Waals surface area contributed by atoms with Gasteiger partial charge in [-0.15, -0.1) is 0 Å². The zero-order chi connectivity index (χ0) is 12.4. The van der Waals surface area contributed by atoms with E-state index in [0.717, 1.165) is 12.8 Å². The van der Waals surface area contributed by atoms with Gasteiger partial charge in [-0.05, 0) is 12.8 Å². The summed E-state index contributed by atoms with van der Waals surface area (Å²) in [4.78, 5) is 0. The molecule has 0 heterocycles. The van der Waals surface area contributed by atoms with E-state index in [0.29, 0.717) is 19.6 Å². The van der Waals surface area contributed by atoms with Gasteiger partial charge in [0.05, 0.1) is 12.4 Å². The predicted octanol–water partition coefficient (Wildman–Crippen LogP) is 0.447. The molecule has 0 aromatic heterocycles. The minimum absolute atomic E-state index is 0.0879. The van der Waals surface area contributed by atoms with Crippen molar-refractivity contribution in [2.75, 3.05) is 39.2 Å². The molecule has 0 fully saturated rings. The van der Waals surface area contributed by atoms with Gasteiger partial charge in [0.1, 0.15) is 0 Å². The van der Waals surface area contributed by atoms with Gasteiger partial charge in [0.2, 0.25) is 10.0 Å². The van der Waals surface area contributed by atoms with Crippen LogP contribution in [0.2, 0.25) is 0 Å². The van der Waals surface area contributed by atoms with Gasteiger partial charge >= 0.3 is 0 Å². The van der Waals surface area contributed by atoms with E-state index in [-0.39, 0.29) is 18.9 Å². The number of ether oxygens (including phenoxy) is 1. The van der Waals surface area contributed by atoms with Crippen molar-refractivity contribution in [3.63, 3.8) is 0 Å². The van der Waals surface area contributed by atoms with Gasteiger partial charge in [0, 0.05) is 26.8 Å². The summed E-state index contributed by atoms with van der Waals surface area (Å²) in [6.07, 6.45) is 2.26. The second kappa shape index (κ2) is 8.92. The number of methoxy groups -OCH3 is 1. The Hall–Kier alpha value is -0.170. The molecule has 1 N–H and O–H groups in total. The van der Waals surface area contributed by atoms with Crippen molar-refractivity contribution in [2.45, 2.75) is 26.2 Å². The SMILES string of the molecule is CCCCN(CCO)S(=O)(=O)CCCOC. The van der Waals surface area contributed by atoms with E-state index in [9.17, 15) is 8.42 Å². The van der Waals surface area contributed by atoms with Gasteiger partial charge in [-0.3, -0.25) is 0 Å². The Labute approximate surface area is 98.5 Å². The molecule has 0 amide bonds. The van der Waals surface area contributed by atoms with E-state index >= 15 is 0 Å². The van der Waals surface area contributed by atoms with E-state index in [1.54, 1.807) is 7.11 Å². The quantitative estimate of drug-likeness (QED) is 0.574. The van der Waals surface area contributed by atoms with Gasteiger partial charge < -0.3 is 9.84 Å². The highest BCUT2D eigenvalue weighted by Crippen LogP contribution is 2.05. The fraction of sp³-hybridized carbons (Fsp3) is 1.00. The van der Waals surface area contributed by atoms with Gasteiger partial charge in [-0.1, -0.05) is 13.3 Å². The van der Waals surface area contributed by atoms with Gasteiger partial charge in [0.25, 0.3) is 0 Å². The number of hydrogen-bond acceptors (Lipinski definition) is 4. The predicted molar refractivity (Wildman–Crippen MR) is 63.8 cm³/mol. The van der Waals surface area contributed by atoms with Gasteiger partial charge in [-0.2, -0.15) is 4.31 Å². The zero-order valence-electron chi connectivity index (χ0n) is 10.2. The standard InChI is InChI=1S/C10H23NO4S/c1-3-4-6-11(7-8-12)16(13,14)10-5-9-15-2/h12H,3-10H2,1-2H3. The summed E-state index contributed by atoms with van der Waals surface area (Å²) in [5, 5.41) is 8.84. The molecule has 0 unspecified atom stereocenters. The molecule has 16 heavy (non-hydrogen) atoms. The fourth-order valence-electron chi connectivity index (χ4n) is 1.35. The Morgan fingerprint density at radius 1 is 1.25 bits per heavy atom. The Morgan fingerprint density at radius 2 is 1.94 bits per heavy atom. The summed E-state index contributed by atoms with van der Waals surface area (Å²) in [6.45, 7) is 3.00. The maximum absolute atomic E-state index is 11.9. The first-order valence-electron chi connectivity index (χ1n) is 5.66. The molecule has 0 atom stereocenters. The van der Waals surface area contributed by atoms with Crippen LogP contribution in [0.5, 0.6) is 0 Å². The number of hydrogen-bond donors (Lipinski definition) is 1. The Bertz CT molecular complexity index is 254. The number of aliphatic hydroxyl groups is 1. The topological polar surface area (TPSA) is 66.8 Å². The molecule has 0 saturated carbocycles. The molecule has 5 nitrogen and oxygen atoms in total. The lowest BCUT2D eigenvalue weighted by Gasteiger charge is -2.20. The molecule has 0 saturated heterocycles. The average molecular weight is 253 g/mol. The van der Waals surface area contributed by atoms with Gasteiger partial charge in [-0.25, -0.2) is 8.42 Å². The molecule has 0 spiro atoms. The third-order valence-corrected chi connectivity index (χ3v) is 4.21. The first-order valence-corrected chi connectivity index (χ1v) is 7.27.